The van der Waals surface area contributed by atoms with Crippen molar-refractivity contribution in [2.45, 2.75) is 12.9 Å². The maximum absolute atomic E-state index is 14.0. The van der Waals surface area contributed by atoms with Crippen LogP contribution >= 0.6 is 0 Å². The predicted molar refractivity (Wildman–Crippen MR) is 96.0 cm³/mol. The second-order valence-electron chi connectivity index (χ2n) is 5.97. The van der Waals surface area contributed by atoms with Crippen molar-refractivity contribution in [1.29, 1.82) is 0 Å². The highest BCUT2D eigenvalue weighted by Crippen LogP contribution is 2.25. The maximum atomic E-state index is 14.0. The molecule has 0 bridgehead atoms. The predicted octanol–water partition coefficient (Wildman–Crippen LogP) is 2.57. The number of nitrogens with one attached hydrogen (secondary N) is 1. The molecule has 3 rings (SSSR count). The molecule has 0 aromatic carbocycles. The number of H-pyrrole nitrogens is 1. The van der Waals surface area contributed by atoms with E-state index in [1.165, 1.54) is 18.5 Å². The first-order valence-corrected chi connectivity index (χ1v) is 8.20. The lowest BCUT2D eigenvalue weighted by Gasteiger charge is -2.11. The van der Waals surface area contributed by atoms with Gasteiger partial charge in [0.2, 0.25) is 5.91 Å². The molecular weight excluding hydrogens is 396 g/mol. The SMILES string of the molecule is NC(=O)C=Cc1c[nH]c2ncc(-c3cc(F)c(=O)n(CCOC(F)(F)F)c3)cc12. The van der Waals surface area contributed by atoms with Crippen LogP contribution in [0.3, 0.4) is 0 Å². The molecule has 3 aromatic heterocycles. The van der Waals surface area contributed by atoms with E-state index in [0.29, 0.717) is 22.2 Å². The number of hydrogen-bond acceptors (Lipinski definition) is 4. The number of rotatable bonds is 6. The molecule has 0 radical (unpaired) electrons. The molecule has 0 spiro atoms. The summed E-state index contributed by atoms with van der Waals surface area (Å²) >= 11 is 0. The van der Waals surface area contributed by atoms with Crippen LogP contribution in [0.2, 0.25) is 0 Å². The van der Waals surface area contributed by atoms with Crippen LogP contribution in [-0.2, 0) is 16.1 Å². The fourth-order valence-corrected chi connectivity index (χ4v) is 2.67. The number of primary amides is 1. The molecule has 0 saturated heterocycles. The summed E-state index contributed by atoms with van der Waals surface area (Å²) < 4.78 is 54.8. The molecule has 0 atom stereocenters. The number of aromatic amines is 1. The Balaban J connectivity index is 1.97. The molecule has 0 fully saturated rings. The molecule has 152 valence electrons. The van der Waals surface area contributed by atoms with Gasteiger partial charge in [0.05, 0.1) is 6.61 Å². The summed E-state index contributed by atoms with van der Waals surface area (Å²) in [5, 5.41) is 0.596. The lowest BCUT2D eigenvalue weighted by atomic mass is 10.1. The quantitative estimate of drug-likeness (QED) is 0.482. The van der Waals surface area contributed by atoms with Crippen LogP contribution in [0.5, 0.6) is 0 Å². The number of ether oxygens (including phenoxy) is 1. The van der Waals surface area contributed by atoms with Crippen LogP contribution < -0.4 is 11.3 Å². The Labute approximate surface area is 160 Å². The van der Waals surface area contributed by atoms with Gasteiger partial charge >= 0.3 is 6.36 Å². The van der Waals surface area contributed by atoms with E-state index < -0.39 is 36.8 Å². The van der Waals surface area contributed by atoms with E-state index >= 15 is 0 Å². The van der Waals surface area contributed by atoms with Crippen molar-refractivity contribution in [3.63, 3.8) is 0 Å². The third kappa shape index (κ3) is 4.88. The summed E-state index contributed by atoms with van der Waals surface area (Å²) in [7, 11) is 0. The number of alkyl halides is 3. The Morgan fingerprint density at radius 2 is 2.07 bits per heavy atom. The minimum atomic E-state index is -4.85. The first kappa shape index (κ1) is 20.3. The van der Waals surface area contributed by atoms with Gasteiger partial charge in [-0.05, 0) is 18.2 Å². The zero-order valence-electron chi connectivity index (χ0n) is 14.7. The van der Waals surface area contributed by atoms with Crippen molar-refractivity contribution >= 4 is 23.0 Å². The molecule has 11 heteroatoms. The molecular formula is C18H14F4N4O3. The Morgan fingerprint density at radius 3 is 2.76 bits per heavy atom. The van der Waals surface area contributed by atoms with Gasteiger partial charge < -0.3 is 15.3 Å². The largest absolute Gasteiger partial charge is 0.522 e. The third-order valence-electron chi connectivity index (χ3n) is 3.96. The van der Waals surface area contributed by atoms with E-state index in [9.17, 15) is 27.2 Å². The molecule has 0 unspecified atom stereocenters. The van der Waals surface area contributed by atoms with Crippen molar-refractivity contribution in [2.24, 2.45) is 5.73 Å². The Morgan fingerprint density at radius 1 is 1.31 bits per heavy atom. The summed E-state index contributed by atoms with van der Waals surface area (Å²) in [4.78, 5) is 29.9. The van der Waals surface area contributed by atoms with Gasteiger partial charge in [-0.1, -0.05) is 0 Å². The van der Waals surface area contributed by atoms with Crippen molar-refractivity contribution < 1.29 is 27.1 Å². The number of carbonyl (C=O) groups is 1. The van der Waals surface area contributed by atoms with Crippen LogP contribution in [0.4, 0.5) is 17.6 Å². The van der Waals surface area contributed by atoms with Gasteiger partial charge in [-0.2, -0.15) is 0 Å². The van der Waals surface area contributed by atoms with Gasteiger partial charge in [0.1, 0.15) is 5.65 Å². The van der Waals surface area contributed by atoms with Crippen LogP contribution in [0.15, 0.2) is 41.6 Å². The number of nitrogens with zero attached hydrogens (tertiary/aromatic N) is 2. The molecule has 0 saturated carbocycles. The lowest BCUT2D eigenvalue weighted by Crippen LogP contribution is -2.26. The number of nitrogens with two attached hydrogens (primary N) is 1. The maximum Gasteiger partial charge on any atom is 0.522 e. The third-order valence-corrected chi connectivity index (χ3v) is 3.96. The first-order chi connectivity index (χ1) is 13.6. The molecule has 3 aromatic rings. The van der Waals surface area contributed by atoms with Crippen LogP contribution in [0, 0.1) is 5.82 Å². The number of pyridine rings is 2. The molecule has 0 aliphatic heterocycles. The molecule has 3 N–H and O–H groups in total. The first-order valence-electron chi connectivity index (χ1n) is 8.20. The number of halogens is 4. The Hall–Kier alpha value is -3.47. The highest BCUT2D eigenvalue weighted by Gasteiger charge is 2.28. The van der Waals surface area contributed by atoms with Crippen LogP contribution in [0.25, 0.3) is 28.2 Å². The van der Waals surface area contributed by atoms with E-state index in [1.807, 2.05) is 0 Å². The second-order valence-corrected chi connectivity index (χ2v) is 5.97. The number of aromatic nitrogens is 3. The number of fused-ring (bicyclic) bond motifs is 1. The molecule has 7 nitrogen and oxygen atoms in total. The van der Waals surface area contributed by atoms with E-state index in [2.05, 4.69) is 14.7 Å². The molecule has 1 amide bonds. The number of carbonyl (C=O) groups excluding carboxylic acids is 1. The number of hydrogen-bond donors (Lipinski definition) is 2. The minimum absolute atomic E-state index is 0.231. The second kappa shape index (κ2) is 7.87. The van der Waals surface area contributed by atoms with Gasteiger partial charge in [0.15, 0.2) is 5.82 Å². The van der Waals surface area contributed by atoms with E-state index in [4.69, 9.17) is 5.73 Å². The highest BCUT2D eigenvalue weighted by atomic mass is 19.4. The Bertz CT molecular complexity index is 1150. The number of amides is 1. The monoisotopic (exact) mass is 410 g/mol. The molecule has 3 heterocycles. The normalized spacial score (nSPS) is 12.1. The standard InChI is InChI=1S/C18H14F4N4O3/c19-14-6-12(9-26(17(14)28)3-4-29-18(20,21)22)11-5-13-10(1-2-15(23)27)7-24-16(13)25-8-11/h1-2,5-9H,3-4H2,(H2,23,27)(H,24,25). The fourth-order valence-electron chi connectivity index (χ4n) is 2.67. The average molecular weight is 410 g/mol. The summed E-state index contributed by atoms with van der Waals surface area (Å²) in [5.41, 5.74) is 5.74. The Kier molecular flexibility index (Phi) is 5.50. The van der Waals surface area contributed by atoms with Crippen LogP contribution in [0.1, 0.15) is 5.56 Å². The van der Waals surface area contributed by atoms with Crippen LogP contribution in [-0.4, -0.2) is 33.4 Å². The smallest absolute Gasteiger partial charge is 0.366 e. The van der Waals surface area contributed by atoms with Gasteiger partial charge in [0.25, 0.3) is 5.56 Å². The zero-order chi connectivity index (χ0) is 21.2. The van der Waals surface area contributed by atoms with Gasteiger partial charge in [-0.25, -0.2) is 9.37 Å². The minimum Gasteiger partial charge on any atom is -0.366 e. The fraction of sp³-hybridized carbons (Fsp3) is 0.167. The van der Waals surface area contributed by atoms with E-state index in [0.717, 1.165) is 16.7 Å². The van der Waals surface area contributed by atoms with Crippen molar-refractivity contribution in [3.8, 4) is 11.1 Å². The average Bonchev–Trinajstić information content (AvgIpc) is 3.04. The summed E-state index contributed by atoms with van der Waals surface area (Å²) in [6.07, 6.45) is 2.02. The topological polar surface area (TPSA) is 103 Å². The molecule has 0 aliphatic carbocycles. The van der Waals surface area contributed by atoms with Gasteiger partial charge in [0, 0.05) is 53.3 Å². The lowest BCUT2D eigenvalue weighted by molar-refractivity contribution is -0.325. The van der Waals surface area contributed by atoms with E-state index in [-0.39, 0.29) is 5.56 Å². The van der Waals surface area contributed by atoms with Gasteiger partial charge in [-0.3, -0.25) is 14.3 Å². The van der Waals surface area contributed by atoms with Crippen molar-refractivity contribution in [3.05, 3.63) is 58.5 Å². The summed E-state index contributed by atoms with van der Waals surface area (Å²) in [6.45, 7) is -1.33. The highest BCUT2D eigenvalue weighted by molar-refractivity contribution is 5.95. The van der Waals surface area contributed by atoms with Gasteiger partial charge in [-0.15, -0.1) is 13.2 Å². The molecule has 0 aliphatic rings. The van der Waals surface area contributed by atoms with Crippen molar-refractivity contribution in [1.82, 2.24) is 14.5 Å². The zero-order valence-corrected chi connectivity index (χ0v) is 14.7. The van der Waals surface area contributed by atoms with E-state index in [1.54, 1.807) is 12.3 Å². The van der Waals surface area contributed by atoms with Crippen molar-refractivity contribution in [2.75, 3.05) is 6.61 Å². The summed E-state index contributed by atoms with van der Waals surface area (Å²) in [5.74, 6) is -1.77. The summed E-state index contributed by atoms with van der Waals surface area (Å²) in [6, 6.07) is 2.60. The molecule has 29 heavy (non-hydrogen) atoms.